The molecule has 0 aromatic rings. The molecule has 6 heteroatoms. The fraction of sp³-hybridized carbons (Fsp3) is 0.889. The van der Waals surface area contributed by atoms with E-state index in [1.54, 1.807) is 0 Å². The van der Waals surface area contributed by atoms with Gasteiger partial charge in [-0.2, -0.15) is 0 Å². The summed E-state index contributed by atoms with van der Waals surface area (Å²) < 4.78 is 18.8. The minimum atomic E-state index is -1.20. The Labute approximate surface area is 87.2 Å². The van der Waals surface area contributed by atoms with Gasteiger partial charge in [-0.1, -0.05) is 0 Å². The Morgan fingerprint density at radius 3 is 3.07 bits per heavy atom. The number of ether oxygens (including phenoxy) is 1. The maximum Gasteiger partial charge on any atom is 0.319 e. The van der Waals surface area contributed by atoms with E-state index in [9.17, 15) is 9.18 Å². The molecule has 2 fully saturated rings. The maximum atomic E-state index is 13.5. The van der Waals surface area contributed by atoms with E-state index in [-0.39, 0.29) is 19.1 Å². The van der Waals surface area contributed by atoms with Crippen LogP contribution in [0.1, 0.15) is 12.8 Å². The van der Waals surface area contributed by atoms with Crippen LogP contribution in [0.25, 0.3) is 0 Å². The summed E-state index contributed by atoms with van der Waals surface area (Å²) in [5.41, 5.74) is 0. The highest BCUT2D eigenvalue weighted by atomic mass is 19.1. The Balaban J connectivity index is 2.00. The zero-order valence-electron chi connectivity index (χ0n) is 8.36. The molecule has 86 valence electrons. The van der Waals surface area contributed by atoms with E-state index in [2.05, 4.69) is 5.32 Å². The molecule has 2 N–H and O–H groups in total. The van der Waals surface area contributed by atoms with Gasteiger partial charge in [0.1, 0.15) is 6.17 Å². The summed E-state index contributed by atoms with van der Waals surface area (Å²) in [6.45, 7) is 0.934. The molecule has 15 heavy (non-hydrogen) atoms. The van der Waals surface area contributed by atoms with E-state index in [0.29, 0.717) is 13.1 Å². The lowest BCUT2D eigenvalue weighted by Crippen LogP contribution is -2.53. The predicted molar refractivity (Wildman–Crippen MR) is 50.0 cm³/mol. The van der Waals surface area contributed by atoms with Gasteiger partial charge in [0.15, 0.2) is 6.23 Å². The molecule has 2 heterocycles. The third-order valence-corrected chi connectivity index (χ3v) is 2.75. The van der Waals surface area contributed by atoms with Crippen molar-refractivity contribution < 1.29 is 19.0 Å². The SMILES string of the molecule is O=C1NCCCN1C1OC(CO)CC1F. The lowest BCUT2D eigenvalue weighted by molar-refractivity contribution is -0.0688. The molecule has 2 aliphatic rings. The van der Waals surface area contributed by atoms with Gasteiger partial charge >= 0.3 is 6.03 Å². The van der Waals surface area contributed by atoms with Crippen molar-refractivity contribution in [2.75, 3.05) is 19.7 Å². The number of nitrogens with zero attached hydrogens (tertiary/aromatic N) is 1. The van der Waals surface area contributed by atoms with Crippen molar-refractivity contribution in [1.29, 1.82) is 0 Å². The largest absolute Gasteiger partial charge is 0.394 e. The molecule has 2 aliphatic heterocycles. The first-order valence-corrected chi connectivity index (χ1v) is 5.17. The highest BCUT2D eigenvalue weighted by Gasteiger charge is 2.41. The van der Waals surface area contributed by atoms with E-state index in [0.717, 1.165) is 6.42 Å². The van der Waals surface area contributed by atoms with Gasteiger partial charge in [-0.3, -0.25) is 4.90 Å². The quantitative estimate of drug-likeness (QED) is 0.677. The number of urea groups is 1. The lowest BCUT2D eigenvalue weighted by Gasteiger charge is -2.32. The molecule has 3 unspecified atom stereocenters. The van der Waals surface area contributed by atoms with Crippen molar-refractivity contribution in [2.24, 2.45) is 0 Å². The van der Waals surface area contributed by atoms with Gasteiger partial charge in [-0.25, -0.2) is 9.18 Å². The molecule has 0 aromatic carbocycles. The number of alkyl halides is 1. The predicted octanol–water partition coefficient (Wildman–Crippen LogP) is -0.153. The summed E-state index contributed by atoms with van der Waals surface area (Å²) in [6, 6.07) is -0.285. The Hall–Kier alpha value is -0.880. The normalized spacial score (nSPS) is 36.8. The molecule has 5 nitrogen and oxygen atoms in total. The van der Waals surface area contributed by atoms with Crippen LogP contribution < -0.4 is 5.32 Å². The number of aliphatic hydroxyl groups is 1. The Morgan fingerprint density at radius 1 is 1.67 bits per heavy atom. The van der Waals surface area contributed by atoms with Crippen molar-refractivity contribution in [3.05, 3.63) is 0 Å². The van der Waals surface area contributed by atoms with Gasteiger partial charge in [-0.15, -0.1) is 0 Å². The smallest absolute Gasteiger partial charge is 0.319 e. The number of hydrogen-bond donors (Lipinski definition) is 2. The van der Waals surface area contributed by atoms with Crippen LogP contribution >= 0.6 is 0 Å². The monoisotopic (exact) mass is 218 g/mol. The van der Waals surface area contributed by atoms with Gasteiger partial charge in [0.2, 0.25) is 0 Å². The second kappa shape index (κ2) is 4.32. The van der Waals surface area contributed by atoms with Gasteiger partial charge in [0, 0.05) is 19.5 Å². The minimum absolute atomic E-state index is 0.158. The molecular weight excluding hydrogens is 203 g/mol. The van der Waals surface area contributed by atoms with E-state index in [1.807, 2.05) is 0 Å². The van der Waals surface area contributed by atoms with Crippen molar-refractivity contribution in [3.8, 4) is 0 Å². The van der Waals surface area contributed by atoms with Gasteiger partial charge in [0.25, 0.3) is 0 Å². The van der Waals surface area contributed by atoms with Gasteiger partial charge in [0.05, 0.1) is 12.7 Å². The number of aliphatic hydroxyl groups excluding tert-OH is 1. The number of carbonyl (C=O) groups excluding carboxylic acids is 1. The number of rotatable bonds is 2. The molecule has 0 radical (unpaired) electrons. The molecule has 0 aromatic heterocycles. The average molecular weight is 218 g/mol. The molecule has 0 saturated carbocycles. The summed E-state index contributed by atoms with van der Waals surface area (Å²) in [4.78, 5) is 12.8. The maximum absolute atomic E-state index is 13.5. The Morgan fingerprint density at radius 2 is 2.47 bits per heavy atom. The number of halogens is 1. The molecule has 2 saturated heterocycles. The topological polar surface area (TPSA) is 61.8 Å². The van der Waals surface area contributed by atoms with Crippen LogP contribution in [-0.4, -0.2) is 54.2 Å². The van der Waals surface area contributed by atoms with E-state index >= 15 is 0 Å². The van der Waals surface area contributed by atoms with E-state index in [1.165, 1.54) is 4.90 Å². The fourth-order valence-corrected chi connectivity index (χ4v) is 1.98. The number of amides is 2. The number of nitrogens with one attached hydrogen (secondary N) is 1. The van der Waals surface area contributed by atoms with Crippen molar-refractivity contribution in [1.82, 2.24) is 10.2 Å². The molecule has 2 rings (SSSR count). The highest BCUT2D eigenvalue weighted by Crippen LogP contribution is 2.26. The summed E-state index contributed by atoms with van der Waals surface area (Å²) >= 11 is 0. The lowest BCUT2D eigenvalue weighted by atomic mass is 10.2. The average Bonchev–Trinajstić information content (AvgIpc) is 2.60. The first-order valence-electron chi connectivity index (χ1n) is 5.17. The van der Waals surface area contributed by atoms with Crippen LogP contribution in [0, 0.1) is 0 Å². The first-order chi connectivity index (χ1) is 7.22. The molecule has 2 amide bonds. The van der Waals surface area contributed by atoms with Gasteiger partial charge < -0.3 is 15.2 Å². The standard InChI is InChI=1S/C9H15FN2O3/c10-7-4-6(5-13)15-8(7)12-3-1-2-11-9(12)14/h6-8,13H,1-5H2,(H,11,14). The molecule has 0 spiro atoms. The minimum Gasteiger partial charge on any atom is -0.394 e. The number of carbonyl (C=O) groups is 1. The van der Waals surface area contributed by atoms with E-state index in [4.69, 9.17) is 9.84 Å². The zero-order valence-corrected chi connectivity index (χ0v) is 8.36. The molecule has 3 atom stereocenters. The zero-order chi connectivity index (χ0) is 10.8. The van der Waals surface area contributed by atoms with Crippen LogP contribution in [0.4, 0.5) is 9.18 Å². The third kappa shape index (κ3) is 2.05. The van der Waals surface area contributed by atoms with E-state index < -0.39 is 18.5 Å². The highest BCUT2D eigenvalue weighted by molar-refractivity contribution is 5.75. The fourth-order valence-electron chi connectivity index (χ4n) is 1.98. The van der Waals surface area contributed by atoms with Crippen LogP contribution in [0.2, 0.25) is 0 Å². The van der Waals surface area contributed by atoms with Crippen molar-refractivity contribution >= 4 is 6.03 Å². The summed E-state index contributed by atoms with van der Waals surface area (Å²) in [7, 11) is 0. The number of hydrogen-bond acceptors (Lipinski definition) is 3. The van der Waals surface area contributed by atoms with Crippen LogP contribution in [0.5, 0.6) is 0 Å². The summed E-state index contributed by atoms with van der Waals surface area (Å²) in [6.07, 6.45) is -1.57. The van der Waals surface area contributed by atoms with Crippen molar-refractivity contribution in [2.45, 2.75) is 31.3 Å². The Kier molecular flexibility index (Phi) is 3.06. The summed E-state index contributed by atoms with van der Waals surface area (Å²) in [5.74, 6) is 0. The van der Waals surface area contributed by atoms with Crippen LogP contribution in [0.15, 0.2) is 0 Å². The Bertz CT molecular complexity index is 252. The summed E-state index contributed by atoms with van der Waals surface area (Å²) in [5, 5.41) is 11.5. The molecular formula is C9H15FN2O3. The molecule has 0 aliphatic carbocycles. The second-order valence-electron chi connectivity index (χ2n) is 3.86. The molecule has 0 bridgehead atoms. The van der Waals surface area contributed by atoms with Crippen LogP contribution in [0.3, 0.4) is 0 Å². The third-order valence-electron chi connectivity index (χ3n) is 2.75. The van der Waals surface area contributed by atoms with Gasteiger partial charge in [-0.05, 0) is 6.42 Å². The van der Waals surface area contributed by atoms with Crippen molar-refractivity contribution in [3.63, 3.8) is 0 Å². The van der Waals surface area contributed by atoms with Crippen LogP contribution in [-0.2, 0) is 4.74 Å². The second-order valence-corrected chi connectivity index (χ2v) is 3.86. The first kappa shape index (κ1) is 10.6.